The van der Waals surface area contributed by atoms with Crippen LogP contribution in [0.4, 0.5) is 0 Å². The Labute approximate surface area is 95.3 Å². The van der Waals surface area contributed by atoms with Gasteiger partial charge in [-0.15, -0.1) is 0 Å². The minimum absolute atomic E-state index is 0.466. The van der Waals surface area contributed by atoms with Gasteiger partial charge in [0.15, 0.2) is 0 Å². The van der Waals surface area contributed by atoms with E-state index in [9.17, 15) is 14.8 Å². The summed E-state index contributed by atoms with van der Waals surface area (Å²) in [6.07, 6.45) is 0.722. The molecule has 0 amide bonds. The lowest BCUT2D eigenvalue weighted by Crippen LogP contribution is -2.48. The van der Waals surface area contributed by atoms with E-state index in [1.807, 2.05) is 0 Å². The van der Waals surface area contributed by atoms with Crippen molar-refractivity contribution in [3.8, 4) is 0 Å². The summed E-state index contributed by atoms with van der Waals surface area (Å²) in [5.74, 6) is -1.71. The van der Waals surface area contributed by atoms with Gasteiger partial charge in [-0.05, 0) is 27.7 Å². The van der Waals surface area contributed by atoms with Gasteiger partial charge in [0.05, 0.1) is 24.1 Å². The zero-order chi connectivity index (χ0) is 12.7. The van der Waals surface area contributed by atoms with E-state index in [4.69, 9.17) is 4.74 Å². The summed E-state index contributed by atoms with van der Waals surface area (Å²) in [5, 5.41) is 11.2. The molecule has 92 valence electrons. The van der Waals surface area contributed by atoms with Crippen LogP contribution in [0, 0.1) is 11.8 Å². The zero-order valence-electron chi connectivity index (χ0n) is 10.4. The first-order valence-corrected chi connectivity index (χ1v) is 5.23. The highest BCUT2D eigenvalue weighted by Gasteiger charge is 2.61. The highest BCUT2D eigenvalue weighted by molar-refractivity contribution is 5.80. The lowest BCUT2D eigenvalue weighted by Gasteiger charge is -2.35. The van der Waals surface area contributed by atoms with E-state index < -0.39 is 28.9 Å². The number of methoxy groups -OCH3 is 1. The van der Waals surface area contributed by atoms with Crippen molar-refractivity contribution >= 4 is 12.3 Å². The Morgan fingerprint density at radius 1 is 1.31 bits per heavy atom. The van der Waals surface area contributed by atoms with Gasteiger partial charge in [0.1, 0.15) is 6.29 Å². The first-order chi connectivity index (χ1) is 7.21. The highest BCUT2D eigenvalue weighted by atomic mass is 16.5. The molecule has 1 aliphatic rings. The largest absolute Gasteiger partial charge is 0.469 e. The predicted octanol–water partition coefficient (Wildman–Crippen LogP) is 0.853. The Bertz CT molecular complexity index is 311. The maximum Gasteiger partial charge on any atom is 0.311 e. The van der Waals surface area contributed by atoms with Crippen molar-refractivity contribution in [1.82, 2.24) is 5.06 Å². The van der Waals surface area contributed by atoms with Gasteiger partial charge in [0.25, 0.3) is 0 Å². The molecule has 0 saturated carbocycles. The molecule has 2 atom stereocenters. The van der Waals surface area contributed by atoms with Crippen molar-refractivity contribution in [1.29, 1.82) is 0 Å². The molecule has 0 radical (unpaired) electrons. The first-order valence-electron chi connectivity index (χ1n) is 5.23. The van der Waals surface area contributed by atoms with Crippen LogP contribution in [-0.2, 0) is 14.3 Å². The number of esters is 1. The number of carbonyl (C=O) groups is 2. The van der Waals surface area contributed by atoms with Crippen LogP contribution < -0.4 is 0 Å². The van der Waals surface area contributed by atoms with Crippen LogP contribution in [0.2, 0.25) is 0 Å². The van der Waals surface area contributed by atoms with Crippen LogP contribution in [0.1, 0.15) is 27.7 Å². The molecular weight excluding hydrogens is 210 g/mol. The molecule has 1 saturated heterocycles. The Morgan fingerprint density at radius 3 is 2.19 bits per heavy atom. The maximum atomic E-state index is 11.7. The third-order valence-corrected chi connectivity index (χ3v) is 3.63. The van der Waals surface area contributed by atoms with Gasteiger partial charge >= 0.3 is 5.97 Å². The second kappa shape index (κ2) is 3.82. The van der Waals surface area contributed by atoms with Crippen LogP contribution in [0.15, 0.2) is 0 Å². The number of rotatable bonds is 2. The Hall–Kier alpha value is -0.940. The molecule has 1 aliphatic heterocycles. The van der Waals surface area contributed by atoms with E-state index >= 15 is 0 Å². The van der Waals surface area contributed by atoms with Gasteiger partial charge in [0, 0.05) is 5.92 Å². The van der Waals surface area contributed by atoms with Crippen molar-refractivity contribution in [3.63, 3.8) is 0 Å². The maximum absolute atomic E-state index is 11.7. The average Bonchev–Trinajstić information content (AvgIpc) is 2.34. The molecule has 1 rings (SSSR count). The van der Waals surface area contributed by atoms with Gasteiger partial charge in [-0.2, -0.15) is 5.06 Å². The van der Waals surface area contributed by atoms with E-state index in [0.717, 1.165) is 11.3 Å². The molecule has 1 N–H and O–H groups in total. The Kier molecular flexibility index (Phi) is 3.13. The fraction of sp³-hybridized carbons (Fsp3) is 0.818. The van der Waals surface area contributed by atoms with Gasteiger partial charge in [-0.1, -0.05) is 0 Å². The van der Waals surface area contributed by atoms with Gasteiger partial charge in [-0.25, -0.2) is 0 Å². The van der Waals surface area contributed by atoms with Crippen molar-refractivity contribution in [2.45, 2.75) is 38.8 Å². The third kappa shape index (κ3) is 1.55. The monoisotopic (exact) mass is 229 g/mol. The second-order valence-electron chi connectivity index (χ2n) is 5.28. The summed E-state index contributed by atoms with van der Waals surface area (Å²) >= 11 is 0. The third-order valence-electron chi connectivity index (χ3n) is 3.63. The predicted molar refractivity (Wildman–Crippen MR) is 56.8 cm³/mol. The summed E-state index contributed by atoms with van der Waals surface area (Å²) in [6, 6.07) is 0. The number of nitrogens with zero attached hydrogens (tertiary/aromatic N) is 1. The molecule has 16 heavy (non-hydrogen) atoms. The summed E-state index contributed by atoms with van der Waals surface area (Å²) in [6.45, 7) is 6.91. The Balaban J connectivity index is 3.24. The van der Waals surface area contributed by atoms with E-state index in [0.29, 0.717) is 0 Å². The molecule has 5 nitrogen and oxygen atoms in total. The SMILES string of the molecule is COC(=O)[C@H]1[C@H](C=O)C(C)(C)N(O)C1(C)C. The highest BCUT2D eigenvalue weighted by Crippen LogP contribution is 2.47. The van der Waals surface area contributed by atoms with Crippen molar-refractivity contribution in [2.75, 3.05) is 7.11 Å². The number of hydrogen-bond acceptors (Lipinski definition) is 5. The molecule has 0 aromatic heterocycles. The van der Waals surface area contributed by atoms with Crippen LogP contribution in [0.25, 0.3) is 0 Å². The van der Waals surface area contributed by atoms with Crippen LogP contribution in [-0.4, -0.2) is 40.7 Å². The molecule has 1 fully saturated rings. The van der Waals surface area contributed by atoms with Crippen LogP contribution in [0.3, 0.4) is 0 Å². The summed E-state index contributed by atoms with van der Waals surface area (Å²) in [4.78, 5) is 22.9. The summed E-state index contributed by atoms with van der Waals surface area (Å²) < 4.78 is 4.71. The van der Waals surface area contributed by atoms with E-state index in [1.165, 1.54) is 7.11 Å². The molecule has 0 aromatic rings. The molecule has 0 aromatic carbocycles. The first kappa shape index (κ1) is 13.1. The fourth-order valence-electron chi connectivity index (χ4n) is 2.67. The molecule has 0 bridgehead atoms. The minimum atomic E-state index is -0.817. The lowest BCUT2D eigenvalue weighted by atomic mass is 9.78. The topological polar surface area (TPSA) is 66.8 Å². The minimum Gasteiger partial charge on any atom is -0.469 e. The molecule has 5 heteroatoms. The van der Waals surface area contributed by atoms with E-state index in [-0.39, 0.29) is 0 Å². The number of ether oxygens (including phenoxy) is 1. The van der Waals surface area contributed by atoms with Crippen LogP contribution in [0.5, 0.6) is 0 Å². The number of hydroxylamine groups is 2. The Morgan fingerprint density at radius 2 is 1.81 bits per heavy atom. The quantitative estimate of drug-likeness (QED) is 0.561. The molecule has 0 spiro atoms. The van der Waals surface area contributed by atoms with Crippen molar-refractivity contribution in [2.24, 2.45) is 11.8 Å². The normalized spacial score (nSPS) is 32.4. The molecular formula is C11H19NO4. The van der Waals surface area contributed by atoms with Gasteiger partial charge in [0.2, 0.25) is 0 Å². The number of carbonyl (C=O) groups excluding carboxylic acids is 2. The smallest absolute Gasteiger partial charge is 0.311 e. The average molecular weight is 229 g/mol. The van der Waals surface area contributed by atoms with Crippen LogP contribution >= 0.6 is 0 Å². The van der Waals surface area contributed by atoms with Gasteiger partial charge < -0.3 is 14.7 Å². The standard InChI is InChI=1S/C11H19NO4/c1-10(2)7(6-13)8(9(14)16-5)11(3,4)12(10)15/h6-8,15H,1-5H3/t7-,8+/m0/s1. The van der Waals surface area contributed by atoms with Gasteiger partial charge in [-0.3, -0.25) is 4.79 Å². The van der Waals surface area contributed by atoms with E-state index in [2.05, 4.69) is 0 Å². The second-order valence-corrected chi connectivity index (χ2v) is 5.28. The number of aldehydes is 1. The summed E-state index contributed by atoms with van der Waals surface area (Å²) in [5.41, 5.74) is -1.59. The van der Waals surface area contributed by atoms with Crippen molar-refractivity contribution < 1.29 is 19.5 Å². The number of hydrogen-bond donors (Lipinski definition) is 1. The molecule has 0 unspecified atom stereocenters. The summed E-state index contributed by atoms with van der Waals surface area (Å²) in [7, 11) is 1.29. The van der Waals surface area contributed by atoms with Crippen molar-refractivity contribution in [3.05, 3.63) is 0 Å². The molecule has 0 aliphatic carbocycles. The zero-order valence-corrected chi connectivity index (χ0v) is 10.4. The molecule has 1 heterocycles. The van der Waals surface area contributed by atoms with E-state index in [1.54, 1.807) is 27.7 Å². The fourth-order valence-corrected chi connectivity index (χ4v) is 2.67. The lowest BCUT2D eigenvalue weighted by molar-refractivity contribution is -0.201.